The van der Waals surface area contributed by atoms with Crippen molar-refractivity contribution in [3.05, 3.63) is 77.9 Å². The predicted octanol–water partition coefficient (Wildman–Crippen LogP) is 4.27. The maximum atomic E-state index is 14.0. The summed E-state index contributed by atoms with van der Waals surface area (Å²) < 4.78 is 62.8. The highest BCUT2D eigenvalue weighted by Gasteiger charge is 2.44. The number of alkyl carbamates (subject to hydrolysis) is 1. The van der Waals surface area contributed by atoms with Crippen molar-refractivity contribution in [3.8, 4) is 23.3 Å². The molecule has 284 valence electrons. The van der Waals surface area contributed by atoms with E-state index in [0.717, 1.165) is 17.7 Å². The molecule has 3 heterocycles. The molecule has 0 aliphatic carbocycles. The first-order valence-corrected chi connectivity index (χ1v) is 19.3. The zero-order valence-electron chi connectivity index (χ0n) is 29.8. The summed E-state index contributed by atoms with van der Waals surface area (Å²) in [7, 11) is -4.08. The van der Waals surface area contributed by atoms with E-state index in [-0.39, 0.29) is 49.6 Å². The van der Waals surface area contributed by atoms with Gasteiger partial charge < -0.3 is 44.2 Å². The zero-order chi connectivity index (χ0) is 37.4. The Morgan fingerprint density at radius 2 is 1.81 bits per heavy atom. The minimum absolute atomic E-state index is 0.00369. The molecule has 3 aliphatic heterocycles. The Balaban J connectivity index is 1.11. The highest BCUT2D eigenvalue weighted by Crippen LogP contribution is 2.35. The van der Waals surface area contributed by atoms with E-state index in [0.29, 0.717) is 49.0 Å². The van der Waals surface area contributed by atoms with Crippen molar-refractivity contribution >= 4 is 21.8 Å². The lowest BCUT2D eigenvalue weighted by atomic mass is 10.0. The fraction of sp³-hybridized carbons (Fsp3) is 0.474. The summed E-state index contributed by atoms with van der Waals surface area (Å²) in [5.41, 5.74) is 2.31. The number of hydrogen-bond donors (Lipinski definition) is 3. The van der Waals surface area contributed by atoms with Gasteiger partial charge in [0.15, 0.2) is 17.8 Å². The maximum Gasteiger partial charge on any atom is 0.407 e. The Labute approximate surface area is 309 Å². The van der Waals surface area contributed by atoms with Crippen LogP contribution in [0.2, 0.25) is 0 Å². The molecule has 5 atom stereocenters. The molecule has 15 heteroatoms. The number of benzene rings is 3. The molecule has 1 amide bonds. The van der Waals surface area contributed by atoms with Gasteiger partial charge in [-0.05, 0) is 79.3 Å². The highest BCUT2D eigenvalue weighted by molar-refractivity contribution is 7.89. The van der Waals surface area contributed by atoms with Gasteiger partial charge in [0.1, 0.15) is 11.9 Å². The average molecular weight is 751 g/mol. The van der Waals surface area contributed by atoms with Gasteiger partial charge in [0.2, 0.25) is 16.8 Å². The summed E-state index contributed by atoms with van der Waals surface area (Å²) in [5, 5.41) is 26.8. The van der Waals surface area contributed by atoms with Crippen molar-refractivity contribution in [1.29, 1.82) is 5.26 Å². The molecular formula is C38H46N4O10S. The van der Waals surface area contributed by atoms with Gasteiger partial charge in [0.05, 0.1) is 54.4 Å². The molecule has 0 spiro atoms. The van der Waals surface area contributed by atoms with E-state index in [1.54, 1.807) is 18.2 Å². The lowest BCUT2D eigenvalue weighted by molar-refractivity contribution is -0.0907. The number of anilines is 1. The van der Waals surface area contributed by atoms with Gasteiger partial charge in [0, 0.05) is 31.4 Å². The standard InChI is InChI=1S/C38H46N4O10S/c1-25(2)21-42(53(45,46)30-12-13-34-35(19-30)51-24-50-34)22-33(43)32(41-38(44)52-36-23-49-37-31(36)14-17-48-37)18-26-6-10-29(11-7-26)47-16-3-15-40-28-8-4-27(20-39)5-9-28/h4-13,19,25,31-33,36-37,40,43H,3,14-18,21-24H2,1-2H3,(H,41,44)/t31-,32-,33+,36+,37+/m0/s1. The topological polar surface area (TPSA) is 178 Å². The number of aliphatic hydroxyl groups excluding tert-OH is 1. The number of nitrogens with zero attached hydrogens (tertiary/aromatic N) is 2. The van der Waals surface area contributed by atoms with Crippen molar-refractivity contribution in [2.24, 2.45) is 11.8 Å². The predicted molar refractivity (Wildman–Crippen MR) is 193 cm³/mol. The molecule has 0 unspecified atom stereocenters. The minimum atomic E-state index is -4.08. The van der Waals surface area contributed by atoms with Gasteiger partial charge in [0.25, 0.3) is 0 Å². The summed E-state index contributed by atoms with van der Waals surface area (Å²) in [4.78, 5) is 13.3. The van der Waals surface area contributed by atoms with Crippen LogP contribution >= 0.6 is 0 Å². The van der Waals surface area contributed by atoms with Gasteiger partial charge in [-0.2, -0.15) is 9.57 Å². The number of carbonyl (C=O) groups is 1. The zero-order valence-corrected chi connectivity index (χ0v) is 30.6. The highest BCUT2D eigenvalue weighted by atomic mass is 32.2. The molecule has 53 heavy (non-hydrogen) atoms. The average Bonchev–Trinajstić information content (AvgIpc) is 3.90. The van der Waals surface area contributed by atoms with Crippen LogP contribution in [0.4, 0.5) is 10.5 Å². The number of aliphatic hydroxyl groups is 1. The number of nitrogens with one attached hydrogen (secondary N) is 2. The molecule has 2 saturated heterocycles. The Morgan fingerprint density at radius 3 is 2.57 bits per heavy atom. The first kappa shape index (κ1) is 38.1. The smallest absolute Gasteiger partial charge is 0.407 e. The van der Waals surface area contributed by atoms with E-state index < -0.39 is 40.7 Å². The molecule has 0 aromatic heterocycles. The maximum absolute atomic E-state index is 14.0. The Kier molecular flexibility index (Phi) is 12.6. The van der Waals surface area contributed by atoms with Gasteiger partial charge >= 0.3 is 6.09 Å². The van der Waals surface area contributed by atoms with Crippen LogP contribution < -0.4 is 24.8 Å². The summed E-state index contributed by atoms with van der Waals surface area (Å²) in [6, 6.07) is 20.2. The number of nitriles is 1. The molecule has 3 N–H and O–H groups in total. The van der Waals surface area contributed by atoms with E-state index in [9.17, 15) is 18.3 Å². The van der Waals surface area contributed by atoms with Crippen LogP contribution in [0, 0.1) is 23.2 Å². The molecule has 0 bridgehead atoms. The fourth-order valence-electron chi connectivity index (χ4n) is 6.49. The van der Waals surface area contributed by atoms with Crippen LogP contribution in [0.15, 0.2) is 71.6 Å². The Bertz CT molecular complexity index is 1830. The first-order chi connectivity index (χ1) is 25.6. The van der Waals surface area contributed by atoms with Gasteiger partial charge in [-0.3, -0.25) is 0 Å². The third kappa shape index (κ3) is 9.89. The number of hydrogen-bond acceptors (Lipinski definition) is 12. The molecule has 14 nitrogen and oxygen atoms in total. The molecule has 6 rings (SSSR count). The fourth-order valence-corrected chi connectivity index (χ4v) is 8.12. The molecule has 3 aromatic rings. The lowest BCUT2D eigenvalue weighted by Gasteiger charge is -2.31. The minimum Gasteiger partial charge on any atom is -0.494 e. The second-order valence-electron chi connectivity index (χ2n) is 13.7. The van der Waals surface area contributed by atoms with Crippen molar-refractivity contribution in [1.82, 2.24) is 9.62 Å². The lowest BCUT2D eigenvalue weighted by Crippen LogP contribution is -2.51. The number of fused-ring (bicyclic) bond motifs is 2. The molecule has 3 aliphatic rings. The quantitative estimate of drug-likeness (QED) is 0.167. The van der Waals surface area contributed by atoms with Crippen molar-refractivity contribution < 1.29 is 46.7 Å². The monoisotopic (exact) mass is 750 g/mol. The summed E-state index contributed by atoms with van der Waals surface area (Å²) in [6.07, 6.45) is -1.32. The Hall–Kier alpha value is -4.59. The summed E-state index contributed by atoms with van der Waals surface area (Å²) in [5.74, 6) is 1.31. The summed E-state index contributed by atoms with van der Waals surface area (Å²) in [6.45, 7) is 5.51. The number of sulfonamides is 1. The Morgan fingerprint density at radius 1 is 1.04 bits per heavy atom. The SMILES string of the molecule is CC(C)CN(C[C@@H](O)[C@H](Cc1ccc(OCCCNc2ccc(C#N)cc2)cc1)NC(=O)O[C@@H]1CO[C@H]2OCC[C@H]21)S(=O)(=O)c1ccc2c(c1)OCO2. The van der Waals surface area contributed by atoms with Crippen LogP contribution in [-0.4, -0.2) is 94.7 Å². The van der Waals surface area contributed by atoms with E-state index in [1.807, 2.05) is 50.2 Å². The number of amides is 1. The van der Waals surface area contributed by atoms with Crippen molar-refractivity contribution in [2.75, 3.05) is 51.6 Å². The van der Waals surface area contributed by atoms with Gasteiger partial charge in [-0.1, -0.05) is 26.0 Å². The normalized spacial score (nSPS) is 20.1. The summed E-state index contributed by atoms with van der Waals surface area (Å²) >= 11 is 0. The number of rotatable bonds is 17. The number of carbonyl (C=O) groups excluding carboxylic acids is 1. The van der Waals surface area contributed by atoms with Crippen LogP contribution in [0.1, 0.15) is 37.8 Å². The molecular weight excluding hydrogens is 705 g/mol. The molecule has 2 fully saturated rings. The third-order valence-electron chi connectivity index (χ3n) is 9.26. The van der Waals surface area contributed by atoms with E-state index in [2.05, 4.69) is 16.7 Å². The van der Waals surface area contributed by atoms with Gasteiger partial charge in [-0.25, -0.2) is 13.2 Å². The van der Waals surface area contributed by atoms with Crippen LogP contribution in [0.5, 0.6) is 17.2 Å². The van der Waals surface area contributed by atoms with Crippen LogP contribution in [0.3, 0.4) is 0 Å². The van der Waals surface area contributed by atoms with Crippen molar-refractivity contribution in [2.45, 2.75) is 62.5 Å². The van der Waals surface area contributed by atoms with E-state index >= 15 is 0 Å². The van der Waals surface area contributed by atoms with Crippen LogP contribution in [-0.2, 0) is 30.7 Å². The second-order valence-corrected chi connectivity index (χ2v) is 15.6. The third-order valence-corrected chi connectivity index (χ3v) is 11.1. The van der Waals surface area contributed by atoms with Crippen LogP contribution in [0.25, 0.3) is 0 Å². The number of ether oxygens (including phenoxy) is 6. The van der Waals surface area contributed by atoms with E-state index in [1.165, 1.54) is 16.4 Å². The first-order valence-electron chi connectivity index (χ1n) is 17.8. The molecule has 3 aromatic carbocycles. The van der Waals surface area contributed by atoms with Gasteiger partial charge in [-0.15, -0.1) is 0 Å². The van der Waals surface area contributed by atoms with Crippen molar-refractivity contribution in [3.63, 3.8) is 0 Å². The molecule has 0 radical (unpaired) electrons. The second kappa shape index (κ2) is 17.5. The van der Waals surface area contributed by atoms with E-state index in [4.69, 9.17) is 33.7 Å². The molecule has 0 saturated carbocycles. The largest absolute Gasteiger partial charge is 0.494 e.